The third kappa shape index (κ3) is 3.98. The minimum absolute atomic E-state index is 0.315. The second-order valence-electron chi connectivity index (χ2n) is 6.02. The van der Waals surface area contributed by atoms with E-state index in [1.807, 2.05) is 29.8 Å². The van der Waals surface area contributed by atoms with Gasteiger partial charge in [0.1, 0.15) is 0 Å². The Bertz CT molecular complexity index is 822. The first-order valence-corrected chi connectivity index (χ1v) is 9.52. The van der Waals surface area contributed by atoms with Gasteiger partial charge in [0.05, 0.1) is 11.7 Å². The summed E-state index contributed by atoms with van der Waals surface area (Å²) in [6.07, 6.45) is 5.87. The standard InChI is InChI=1S/C18H18ClN5S/c19-14-5-3-13(4-6-14)12-24-10-1-2-16(24)15-7-8-20-17(22-15)23-18-21-9-11-25-18/h3-9,11,16H,1-2,10,12H2,(H,20,21,22,23)/t16-/m1/s1. The lowest BCUT2D eigenvalue weighted by Crippen LogP contribution is -2.23. The molecule has 1 atom stereocenters. The van der Waals surface area contributed by atoms with Crippen LogP contribution in [0.15, 0.2) is 48.1 Å². The summed E-state index contributed by atoms with van der Waals surface area (Å²) in [5, 5.41) is 6.68. The van der Waals surface area contributed by atoms with Gasteiger partial charge in [0, 0.05) is 29.3 Å². The van der Waals surface area contributed by atoms with E-state index in [1.54, 1.807) is 6.20 Å². The van der Waals surface area contributed by atoms with Gasteiger partial charge in [-0.05, 0) is 43.1 Å². The topological polar surface area (TPSA) is 53.9 Å². The minimum Gasteiger partial charge on any atom is -0.300 e. The van der Waals surface area contributed by atoms with Crippen molar-refractivity contribution in [3.63, 3.8) is 0 Å². The van der Waals surface area contributed by atoms with Gasteiger partial charge in [-0.2, -0.15) is 0 Å². The number of benzene rings is 1. The molecule has 7 heteroatoms. The molecule has 0 radical (unpaired) electrons. The van der Waals surface area contributed by atoms with Gasteiger partial charge in [-0.25, -0.2) is 15.0 Å². The third-order valence-corrected chi connectivity index (χ3v) is 5.27. The molecule has 128 valence electrons. The van der Waals surface area contributed by atoms with Crippen LogP contribution in [0.25, 0.3) is 0 Å². The first-order valence-electron chi connectivity index (χ1n) is 8.26. The Kier molecular flexibility index (Phi) is 4.92. The molecule has 1 N–H and O–H groups in total. The number of anilines is 2. The molecule has 0 amide bonds. The molecule has 25 heavy (non-hydrogen) atoms. The minimum atomic E-state index is 0.315. The average Bonchev–Trinajstić information content (AvgIpc) is 3.29. The Hall–Kier alpha value is -2.02. The van der Waals surface area contributed by atoms with Crippen LogP contribution >= 0.6 is 22.9 Å². The fraction of sp³-hybridized carbons (Fsp3) is 0.278. The van der Waals surface area contributed by atoms with Gasteiger partial charge in [-0.1, -0.05) is 23.7 Å². The van der Waals surface area contributed by atoms with Crippen LogP contribution in [0.3, 0.4) is 0 Å². The zero-order valence-electron chi connectivity index (χ0n) is 13.6. The molecule has 0 bridgehead atoms. The highest BCUT2D eigenvalue weighted by Crippen LogP contribution is 2.32. The molecule has 2 aromatic heterocycles. The number of likely N-dealkylation sites (tertiary alicyclic amines) is 1. The smallest absolute Gasteiger partial charge is 0.229 e. The van der Waals surface area contributed by atoms with Crippen molar-refractivity contribution >= 4 is 34.0 Å². The molecule has 1 aliphatic rings. The largest absolute Gasteiger partial charge is 0.300 e. The Morgan fingerprint density at radius 3 is 2.84 bits per heavy atom. The first kappa shape index (κ1) is 16.4. The summed E-state index contributed by atoms with van der Waals surface area (Å²) in [7, 11) is 0. The van der Waals surface area contributed by atoms with Gasteiger partial charge >= 0.3 is 0 Å². The molecule has 3 heterocycles. The maximum Gasteiger partial charge on any atom is 0.229 e. The summed E-state index contributed by atoms with van der Waals surface area (Å²) in [6, 6.07) is 10.4. The number of hydrogen-bond donors (Lipinski definition) is 1. The van der Waals surface area contributed by atoms with Crippen LogP contribution in [0.5, 0.6) is 0 Å². The lowest BCUT2D eigenvalue weighted by Gasteiger charge is -2.24. The molecule has 1 aromatic carbocycles. The number of halogens is 1. The molecule has 4 rings (SSSR count). The first-order chi connectivity index (χ1) is 12.3. The van der Waals surface area contributed by atoms with Crippen molar-refractivity contribution in [2.75, 3.05) is 11.9 Å². The van der Waals surface area contributed by atoms with E-state index in [0.29, 0.717) is 12.0 Å². The summed E-state index contributed by atoms with van der Waals surface area (Å²) < 4.78 is 0. The van der Waals surface area contributed by atoms with Gasteiger partial charge in [-0.3, -0.25) is 4.90 Å². The van der Waals surface area contributed by atoms with E-state index >= 15 is 0 Å². The van der Waals surface area contributed by atoms with Crippen molar-refractivity contribution < 1.29 is 0 Å². The van der Waals surface area contributed by atoms with Crippen LogP contribution in [0.2, 0.25) is 5.02 Å². The zero-order chi connectivity index (χ0) is 17.1. The Labute approximate surface area is 155 Å². The fourth-order valence-corrected chi connectivity index (χ4v) is 3.82. The van der Waals surface area contributed by atoms with E-state index in [1.165, 1.54) is 23.3 Å². The van der Waals surface area contributed by atoms with Crippen LogP contribution in [-0.4, -0.2) is 26.4 Å². The molecular formula is C18H18ClN5S. The Morgan fingerprint density at radius 2 is 2.04 bits per heavy atom. The van der Waals surface area contributed by atoms with Crippen molar-refractivity contribution in [3.05, 3.63) is 64.4 Å². The lowest BCUT2D eigenvalue weighted by atomic mass is 10.1. The van der Waals surface area contributed by atoms with E-state index in [2.05, 4.69) is 32.3 Å². The van der Waals surface area contributed by atoms with Crippen LogP contribution in [0.4, 0.5) is 11.1 Å². The zero-order valence-corrected chi connectivity index (χ0v) is 15.2. The van der Waals surface area contributed by atoms with Crippen molar-refractivity contribution in [1.29, 1.82) is 0 Å². The Balaban J connectivity index is 1.50. The van der Waals surface area contributed by atoms with Gasteiger partial charge in [0.2, 0.25) is 5.95 Å². The van der Waals surface area contributed by atoms with E-state index in [0.717, 1.165) is 35.4 Å². The fourth-order valence-electron chi connectivity index (χ4n) is 3.17. The molecule has 0 unspecified atom stereocenters. The highest BCUT2D eigenvalue weighted by molar-refractivity contribution is 7.13. The molecule has 1 fully saturated rings. The third-order valence-electron chi connectivity index (χ3n) is 4.33. The number of thiazole rings is 1. The van der Waals surface area contributed by atoms with Crippen molar-refractivity contribution in [2.24, 2.45) is 0 Å². The Morgan fingerprint density at radius 1 is 1.16 bits per heavy atom. The summed E-state index contributed by atoms with van der Waals surface area (Å²) in [5.74, 6) is 0.603. The number of hydrogen-bond acceptors (Lipinski definition) is 6. The van der Waals surface area contributed by atoms with E-state index in [9.17, 15) is 0 Å². The average molecular weight is 372 g/mol. The highest BCUT2D eigenvalue weighted by Gasteiger charge is 2.27. The quantitative estimate of drug-likeness (QED) is 0.706. The van der Waals surface area contributed by atoms with Crippen LogP contribution in [0.1, 0.15) is 30.1 Å². The lowest BCUT2D eigenvalue weighted by molar-refractivity contribution is 0.244. The van der Waals surface area contributed by atoms with Crippen LogP contribution < -0.4 is 5.32 Å². The van der Waals surface area contributed by atoms with Crippen molar-refractivity contribution in [3.8, 4) is 0 Å². The predicted octanol–water partition coefficient (Wildman–Crippen LogP) is 4.67. The molecule has 0 spiro atoms. The summed E-state index contributed by atoms with van der Waals surface area (Å²) >= 11 is 7.52. The second kappa shape index (κ2) is 7.47. The molecule has 1 aliphatic heterocycles. The molecule has 5 nitrogen and oxygen atoms in total. The molecule has 3 aromatic rings. The number of rotatable bonds is 5. The van der Waals surface area contributed by atoms with Crippen molar-refractivity contribution in [1.82, 2.24) is 19.9 Å². The monoisotopic (exact) mass is 371 g/mol. The number of nitrogens with one attached hydrogen (secondary N) is 1. The van der Waals surface area contributed by atoms with E-state index in [4.69, 9.17) is 16.6 Å². The molecule has 0 aliphatic carbocycles. The summed E-state index contributed by atoms with van der Waals surface area (Å²) in [4.78, 5) is 15.7. The summed E-state index contributed by atoms with van der Waals surface area (Å²) in [5.41, 5.74) is 2.33. The maximum absolute atomic E-state index is 5.99. The van der Waals surface area contributed by atoms with Gasteiger partial charge in [0.25, 0.3) is 0 Å². The van der Waals surface area contributed by atoms with Gasteiger partial charge in [-0.15, -0.1) is 11.3 Å². The van der Waals surface area contributed by atoms with Crippen LogP contribution in [-0.2, 0) is 6.54 Å². The highest BCUT2D eigenvalue weighted by atomic mass is 35.5. The SMILES string of the molecule is Clc1ccc(CN2CCC[C@@H]2c2ccnc(Nc3nccs3)n2)cc1. The molecule has 1 saturated heterocycles. The van der Waals surface area contributed by atoms with Gasteiger partial charge in [0.15, 0.2) is 5.13 Å². The molecule has 0 saturated carbocycles. The van der Waals surface area contributed by atoms with Crippen LogP contribution in [0, 0.1) is 0 Å². The predicted molar refractivity (Wildman–Crippen MR) is 101 cm³/mol. The maximum atomic E-state index is 5.99. The van der Waals surface area contributed by atoms with Gasteiger partial charge < -0.3 is 5.32 Å². The summed E-state index contributed by atoms with van der Waals surface area (Å²) in [6.45, 7) is 1.98. The number of aromatic nitrogens is 3. The van der Waals surface area contributed by atoms with E-state index in [-0.39, 0.29) is 0 Å². The molecular weight excluding hydrogens is 354 g/mol. The van der Waals surface area contributed by atoms with Crippen molar-refractivity contribution in [2.45, 2.75) is 25.4 Å². The number of nitrogens with zero attached hydrogens (tertiary/aromatic N) is 4. The normalized spacial score (nSPS) is 17.7. The second-order valence-corrected chi connectivity index (χ2v) is 7.35. The van der Waals surface area contributed by atoms with E-state index < -0.39 is 0 Å².